The summed E-state index contributed by atoms with van der Waals surface area (Å²) in [5, 5.41) is 1.07. The summed E-state index contributed by atoms with van der Waals surface area (Å²) in [4.78, 5) is 6.04. The molecule has 0 radical (unpaired) electrons. The molecule has 2 nitrogen and oxygen atoms in total. The van der Waals surface area contributed by atoms with Crippen molar-refractivity contribution in [3.05, 3.63) is 40.4 Å². The molecule has 114 valence electrons. The first kappa shape index (κ1) is 16.2. The van der Waals surface area contributed by atoms with Gasteiger partial charge in [-0.3, -0.25) is 0 Å². The summed E-state index contributed by atoms with van der Waals surface area (Å²) in [6, 6.07) is 8.75. The first-order valence-electron chi connectivity index (χ1n) is 7.44. The van der Waals surface area contributed by atoms with Crippen LogP contribution in [0.3, 0.4) is 0 Å². The fourth-order valence-electron chi connectivity index (χ4n) is 2.31. The second kappa shape index (κ2) is 5.54. The second-order valence-corrected chi connectivity index (χ2v) is 8.66. The van der Waals surface area contributed by atoms with E-state index in [2.05, 4.69) is 65.8 Å². The molecule has 3 heteroatoms. The van der Waals surface area contributed by atoms with E-state index in [0.29, 0.717) is 6.54 Å². The molecule has 1 aromatic carbocycles. The minimum Gasteiger partial charge on any atom is -0.326 e. The number of rotatable bonds is 2. The van der Waals surface area contributed by atoms with E-state index in [1.807, 2.05) is 0 Å². The molecular formula is C18H26N2S. The fourth-order valence-corrected chi connectivity index (χ4v) is 3.47. The molecule has 0 spiro atoms. The van der Waals surface area contributed by atoms with Crippen LogP contribution in [0.25, 0.3) is 10.6 Å². The number of aromatic nitrogens is 1. The van der Waals surface area contributed by atoms with E-state index in [1.54, 1.807) is 11.3 Å². The van der Waals surface area contributed by atoms with Crippen molar-refractivity contribution >= 4 is 11.3 Å². The Hall–Kier alpha value is -1.19. The number of nitrogens with two attached hydrogens (primary N) is 1. The average Bonchev–Trinajstić information content (AvgIpc) is 2.82. The Balaban J connectivity index is 2.41. The molecule has 0 amide bonds. The van der Waals surface area contributed by atoms with Gasteiger partial charge in [-0.2, -0.15) is 0 Å². The summed E-state index contributed by atoms with van der Waals surface area (Å²) < 4.78 is 0. The number of thiazole rings is 1. The molecule has 0 saturated carbocycles. The third-order valence-corrected chi connectivity index (χ3v) is 4.72. The van der Waals surface area contributed by atoms with Gasteiger partial charge in [0.25, 0.3) is 0 Å². The van der Waals surface area contributed by atoms with Crippen molar-refractivity contribution in [2.75, 3.05) is 0 Å². The molecule has 0 aliphatic rings. The van der Waals surface area contributed by atoms with Gasteiger partial charge in [0.2, 0.25) is 0 Å². The van der Waals surface area contributed by atoms with E-state index in [9.17, 15) is 0 Å². The van der Waals surface area contributed by atoms with Crippen LogP contribution in [0, 0.1) is 0 Å². The molecule has 0 atom stereocenters. The summed E-state index contributed by atoms with van der Waals surface area (Å²) in [5.74, 6) is 0. The van der Waals surface area contributed by atoms with Crippen LogP contribution in [0.4, 0.5) is 0 Å². The molecule has 0 unspecified atom stereocenters. The van der Waals surface area contributed by atoms with Crippen molar-refractivity contribution < 1.29 is 0 Å². The SMILES string of the molecule is CC(C)(C)c1ccc(-c2nc(C(C)(C)C)c(CN)s2)cc1. The van der Waals surface area contributed by atoms with Gasteiger partial charge < -0.3 is 5.73 Å². The van der Waals surface area contributed by atoms with Gasteiger partial charge in [0.05, 0.1) is 5.69 Å². The van der Waals surface area contributed by atoms with Crippen molar-refractivity contribution in [2.45, 2.75) is 58.9 Å². The van der Waals surface area contributed by atoms with Crippen LogP contribution in [0.5, 0.6) is 0 Å². The highest BCUT2D eigenvalue weighted by atomic mass is 32.1. The van der Waals surface area contributed by atoms with Crippen molar-refractivity contribution in [1.82, 2.24) is 4.98 Å². The molecule has 2 N–H and O–H groups in total. The molecule has 0 aliphatic heterocycles. The summed E-state index contributed by atoms with van der Waals surface area (Å²) in [6.07, 6.45) is 0. The van der Waals surface area contributed by atoms with Crippen LogP contribution in [-0.2, 0) is 17.4 Å². The van der Waals surface area contributed by atoms with Gasteiger partial charge in [-0.25, -0.2) is 4.98 Å². The van der Waals surface area contributed by atoms with Gasteiger partial charge >= 0.3 is 0 Å². The van der Waals surface area contributed by atoms with E-state index >= 15 is 0 Å². The monoisotopic (exact) mass is 302 g/mol. The lowest BCUT2D eigenvalue weighted by molar-refractivity contribution is 0.567. The van der Waals surface area contributed by atoms with Gasteiger partial charge in [0.15, 0.2) is 0 Å². The lowest BCUT2D eigenvalue weighted by atomic mass is 9.87. The van der Waals surface area contributed by atoms with Crippen LogP contribution in [-0.4, -0.2) is 4.98 Å². The summed E-state index contributed by atoms with van der Waals surface area (Å²) in [6.45, 7) is 13.8. The van der Waals surface area contributed by atoms with Crippen molar-refractivity contribution in [2.24, 2.45) is 5.73 Å². The topological polar surface area (TPSA) is 38.9 Å². The molecule has 0 fully saturated rings. The standard InChI is InChI=1S/C18H26N2S/c1-17(2,3)13-9-7-12(8-10-13)16-20-15(18(4,5)6)14(11-19)21-16/h7-10H,11,19H2,1-6H3. The lowest BCUT2D eigenvalue weighted by Gasteiger charge is -2.19. The van der Waals surface area contributed by atoms with E-state index in [0.717, 1.165) is 10.7 Å². The molecular weight excluding hydrogens is 276 g/mol. The van der Waals surface area contributed by atoms with Crippen LogP contribution in [0.1, 0.15) is 57.7 Å². The highest BCUT2D eigenvalue weighted by Gasteiger charge is 2.23. The lowest BCUT2D eigenvalue weighted by Crippen LogP contribution is -2.15. The zero-order valence-electron chi connectivity index (χ0n) is 13.9. The highest BCUT2D eigenvalue weighted by Crippen LogP contribution is 2.35. The fraction of sp³-hybridized carbons (Fsp3) is 0.500. The summed E-state index contributed by atoms with van der Waals surface area (Å²) in [5.41, 5.74) is 9.76. The molecule has 1 aromatic heterocycles. The zero-order chi connectivity index (χ0) is 15.8. The number of hydrogen-bond donors (Lipinski definition) is 1. The minimum atomic E-state index is 0.0365. The number of nitrogens with zero attached hydrogens (tertiary/aromatic N) is 1. The van der Waals surface area contributed by atoms with Crippen LogP contribution < -0.4 is 5.73 Å². The maximum atomic E-state index is 5.89. The first-order valence-corrected chi connectivity index (χ1v) is 8.26. The van der Waals surface area contributed by atoms with Crippen LogP contribution in [0.2, 0.25) is 0 Å². The summed E-state index contributed by atoms with van der Waals surface area (Å²) >= 11 is 1.72. The highest BCUT2D eigenvalue weighted by molar-refractivity contribution is 7.15. The third kappa shape index (κ3) is 3.53. The predicted molar refractivity (Wildman–Crippen MR) is 92.8 cm³/mol. The second-order valence-electron chi connectivity index (χ2n) is 7.57. The van der Waals surface area contributed by atoms with Crippen molar-refractivity contribution in [3.63, 3.8) is 0 Å². The molecule has 2 rings (SSSR count). The Morgan fingerprint density at radius 2 is 1.52 bits per heavy atom. The normalized spacial score (nSPS) is 12.7. The quantitative estimate of drug-likeness (QED) is 0.860. The molecule has 1 heterocycles. The minimum absolute atomic E-state index is 0.0365. The van der Waals surface area contributed by atoms with E-state index in [1.165, 1.54) is 16.0 Å². The largest absolute Gasteiger partial charge is 0.326 e. The molecule has 2 aromatic rings. The number of hydrogen-bond acceptors (Lipinski definition) is 3. The van der Waals surface area contributed by atoms with Gasteiger partial charge in [-0.15, -0.1) is 11.3 Å². The molecule has 0 aliphatic carbocycles. The maximum Gasteiger partial charge on any atom is 0.123 e. The Bertz CT molecular complexity index is 610. The Labute approximate surface area is 132 Å². The Morgan fingerprint density at radius 3 is 1.90 bits per heavy atom. The zero-order valence-corrected chi connectivity index (χ0v) is 14.8. The van der Waals surface area contributed by atoms with E-state index < -0.39 is 0 Å². The molecule has 21 heavy (non-hydrogen) atoms. The van der Waals surface area contributed by atoms with Crippen molar-refractivity contribution in [1.29, 1.82) is 0 Å². The van der Waals surface area contributed by atoms with E-state index in [4.69, 9.17) is 10.7 Å². The first-order chi connectivity index (χ1) is 9.63. The van der Waals surface area contributed by atoms with Crippen LogP contribution in [0.15, 0.2) is 24.3 Å². The smallest absolute Gasteiger partial charge is 0.123 e. The summed E-state index contributed by atoms with van der Waals surface area (Å²) in [7, 11) is 0. The maximum absolute atomic E-state index is 5.89. The predicted octanol–water partition coefficient (Wildman–Crippen LogP) is 4.86. The van der Waals surface area contributed by atoms with E-state index in [-0.39, 0.29) is 10.8 Å². The van der Waals surface area contributed by atoms with Crippen molar-refractivity contribution in [3.8, 4) is 10.6 Å². The van der Waals surface area contributed by atoms with Gasteiger partial charge in [0.1, 0.15) is 5.01 Å². The van der Waals surface area contributed by atoms with Crippen LogP contribution >= 0.6 is 11.3 Å². The Kier molecular flexibility index (Phi) is 4.27. The molecule has 0 saturated heterocycles. The van der Waals surface area contributed by atoms with Gasteiger partial charge in [0, 0.05) is 22.4 Å². The van der Waals surface area contributed by atoms with Gasteiger partial charge in [-0.1, -0.05) is 65.8 Å². The average molecular weight is 302 g/mol. The Morgan fingerprint density at radius 1 is 0.952 bits per heavy atom. The third-order valence-electron chi connectivity index (χ3n) is 3.59. The number of benzene rings is 1. The van der Waals surface area contributed by atoms with Gasteiger partial charge in [-0.05, 0) is 11.0 Å². The molecule has 0 bridgehead atoms.